The van der Waals surface area contributed by atoms with E-state index >= 15 is 0 Å². The fourth-order valence-electron chi connectivity index (χ4n) is 3.30. The van der Waals surface area contributed by atoms with Gasteiger partial charge < -0.3 is 5.11 Å². The van der Waals surface area contributed by atoms with Gasteiger partial charge in [-0.15, -0.1) is 0 Å². The van der Waals surface area contributed by atoms with Gasteiger partial charge in [0.25, 0.3) is 0 Å². The summed E-state index contributed by atoms with van der Waals surface area (Å²) >= 11 is 0. The maximum absolute atomic E-state index is 9.30. The van der Waals surface area contributed by atoms with Crippen molar-refractivity contribution in [1.29, 1.82) is 5.26 Å². The molecule has 21 heavy (non-hydrogen) atoms. The third-order valence-corrected chi connectivity index (χ3v) is 4.59. The zero-order valence-corrected chi connectivity index (χ0v) is 12.0. The molecule has 2 fully saturated rings. The van der Waals surface area contributed by atoms with Crippen molar-refractivity contribution < 1.29 is 5.11 Å². The molecule has 0 aromatic heterocycles. The van der Waals surface area contributed by atoms with Crippen LogP contribution in [0, 0.1) is 29.1 Å². The highest BCUT2D eigenvalue weighted by molar-refractivity contribution is 5.40. The highest BCUT2D eigenvalue weighted by Gasteiger charge is 2.40. The molecule has 1 saturated heterocycles. The first-order valence-electron chi connectivity index (χ1n) is 7.70. The quantitative estimate of drug-likeness (QED) is 0.816. The van der Waals surface area contributed by atoms with Crippen molar-refractivity contribution >= 4 is 0 Å². The van der Waals surface area contributed by atoms with Gasteiger partial charge >= 0.3 is 0 Å². The van der Waals surface area contributed by atoms with Gasteiger partial charge in [0.05, 0.1) is 12.7 Å². The Kier molecular flexibility index (Phi) is 4.25. The highest BCUT2D eigenvalue weighted by atomic mass is 16.3. The lowest BCUT2D eigenvalue weighted by atomic mass is 9.78. The number of nitrogens with zero attached hydrogens (tertiary/aromatic N) is 1. The lowest BCUT2D eigenvalue weighted by Gasteiger charge is -2.41. The smallest absolute Gasteiger partial charge is 0.104 e. The van der Waals surface area contributed by atoms with E-state index in [1.54, 1.807) is 0 Å². The van der Waals surface area contributed by atoms with Gasteiger partial charge in [-0.25, -0.2) is 0 Å². The molecule has 3 rings (SSSR count). The maximum atomic E-state index is 9.30. The molecule has 1 aliphatic heterocycles. The van der Waals surface area contributed by atoms with Crippen LogP contribution in [0.15, 0.2) is 24.3 Å². The van der Waals surface area contributed by atoms with Gasteiger partial charge in [-0.1, -0.05) is 36.8 Å². The number of nitrogens with one attached hydrogen (secondary N) is 1. The number of nitriles is 1. The molecule has 108 valence electrons. The molecular weight excluding hydrogens is 260 g/mol. The van der Waals surface area contributed by atoms with Crippen LogP contribution >= 0.6 is 0 Å². The minimum absolute atomic E-state index is 0.00919. The molecule has 2 N–H and O–H groups in total. The highest BCUT2D eigenvalue weighted by Crippen LogP contribution is 2.31. The number of rotatable bonds is 2. The number of benzene rings is 1. The number of hydrogen-bond acceptors (Lipinski definition) is 3. The molecular formula is C18H20N2O. The molecule has 1 heterocycles. The second-order valence-electron chi connectivity index (χ2n) is 5.96. The summed E-state index contributed by atoms with van der Waals surface area (Å²) in [6.07, 6.45) is 5.10. The van der Waals surface area contributed by atoms with E-state index in [2.05, 4.69) is 23.2 Å². The molecule has 0 bridgehead atoms. The first-order chi connectivity index (χ1) is 10.3. The van der Waals surface area contributed by atoms with Crippen molar-refractivity contribution in [3.8, 4) is 17.9 Å². The summed E-state index contributed by atoms with van der Waals surface area (Å²) in [4.78, 5) is 0. The molecule has 1 aromatic carbocycles. The molecule has 2 aliphatic rings. The molecule has 1 aliphatic carbocycles. The van der Waals surface area contributed by atoms with Crippen LogP contribution in [0.4, 0.5) is 0 Å². The van der Waals surface area contributed by atoms with Crippen molar-refractivity contribution in [3.05, 3.63) is 35.4 Å². The summed E-state index contributed by atoms with van der Waals surface area (Å²) in [5, 5.41) is 21.4. The first-order valence-corrected chi connectivity index (χ1v) is 7.70. The Morgan fingerprint density at radius 1 is 1.19 bits per heavy atom. The minimum atomic E-state index is -0.197. The SMILES string of the molecule is N#C[C@H]1N[C@H](CO)[C@H]1c1ccc(C#CC2CCCC2)cc1. The minimum Gasteiger partial charge on any atom is -0.395 e. The average molecular weight is 280 g/mol. The number of aliphatic hydroxyl groups excluding tert-OH is 1. The topological polar surface area (TPSA) is 56.0 Å². The number of hydrogen-bond donors (Lipinski definition) is 2. The summed E-state index contributed by atoms with van der Waals surface area (Å²) in [5.41, 5.74) is 2.14. The van der Waals surface area contributed by atoms with E-state index < -0.39 is 0 Å². The summed E-state index contributed by atoms with van der Waals surface area (Å²) in [5.74, 6) is 7.27. The van der Waals surface area contributed by atoms with Gasteiger partial charge in [0.1, 0.15) is 6.04 Å². The van der Waals surface area contributed by atoms with Gasteiger partial charge in [-0.05, 0) is 30.5 Å². The summed E-state index contributed by atoms with van der Waals surface area (Å²) < 4.78 is 0. The standard InChI is InChI=1S/C18H20N2O/c19-11-16-18(17(12-21)20-16)15-9-7-14(8-10-15)6-5-13-3-1-2-4-13/h7-10,13,16-18,20-21H,1-4,12H2/t16-,17-,18+/m1/s1. The summed E-state index contributed by atoms with van der Waals surface area (Å²) in [7, 11) is 0. The van der Waals surface area contributed by atoms with Gasteiger partial charge in [0.2, 0.25) is 0 Å². The summed E-state index contributed by atoms with van der Waals surface area (Å²) in [6.45, 7) is 0.0616. The predicted octanol–water partition coefficient (Wildman–Crippen LogP) is 2.17. The van der Waals surface area contributed by atoms with E-state index in [1.807, 2.05) is 24.3 Å². The van der Waals surface area contributed by atoms with Crippen molar-refractivity contribution in [3.63, 3.8) is 0 Å². The zero-order valence-electron chi connectivity index (χ0n) is 12.0. The number of aliphatic hydroxyl groups is 1. The van der Waals surface area contributed by atoms with Crippen LogP contribution in [0.2, 0.25) is 0 Å². The molecule has 3 nitrogen and oxygen atoms in total. The Balaban J connectivity index is 1.70. The Morgan fingerprint density at radius 3 is 2.52 bits per heavy atom. The molecule has 3 heteroatoms. The fraction of sp³-hybridized carbons (Fsp3) is 0.500. The van der Waals surface area contributed by atoms with Crippen molar-refractivity contribution in [1.82, 2.24) is 5.32 Å². The second-order valence-corrected chi connectivity index (χ2v) is 5.96. The lowest BCUT2D eigenvalue weighted by Crippen LogP contribution is -2.60. The van der Waals surface area contributed by atoms with E-state index in [-0.39, 0.29) is 24.6 Å². The molecule has 0 unspecified atom stereocenters. The Morgan fingerprint density at radius 2 is 1.90 bits per heavy atom. The molecule has 1 saturated carbocycles. The van der Waals surface area contributed by atoms with Crippen LogP contribution in [0.25, 0.3) is 0 Å². The van der Waals surface area contributed by atoms with Crippen LogP contribution in [0.5, 0.6) is 0 Å². The first kappa shape index (κ1) is 14.1. The van der Waals surface area contributed by atoms with Gasteiger partial charge in [0.15, 0.2) is 0 Å². The van der Waals surface area contributed by atoms with Crippen LogP contribution in [-0.2, 0) is 0 Å². The van der Waals surface area contributed by atoms with Gasteiger partial charge in [0, 0.05) is 23.4 Å². The molecule has 1 aromatic rings. The Bertz CT molecular complexity index is 584. The summed E-state index contributed by atoms with van der Waals surface area (Å²) in [6, 6.07) is 10.2. The van der Waals surface area contributed by atoms with Crippen molar-refractivity contribution in [2.45, 2.75) is 43.7 Å². The van der Waals surface area contributed by atoms with E-state index in [4.69, 9.17) is 5.26 Å². The van der Waals surface area contributed by atoms with Gasteiger partial charge in [-0.2, -0.15) is 5.26 Å². The zero-order chi connectivity index (χ0) is 14.7. The van der Waals surface area contributed by atoms with E-state index in [9.17, 15) is 5.11 Å². The average Bonchev–Trinajstić information content (AvgIpc) is 3.00. The van der Waals surface area contributed by atoms with E-state index in [0.717, 1.165) is 11.1 Å². The largest absolute Gasteiger partial charge is 0.395 e. The molecule has 3 atom stereocenters. The van der Waals surface area contributed by atoms with E-state index in [0.29, 0.717) is 5.92 Å². The fourth-order valence-corrected chi connectivity index (χ4v) is 3.30. The Hall–Kier alpha value is -1.81. The molecule has 0 spiro atoms. The van der Waals surface area contributed by atoms with Gasteiger partial charge in [-0.3, -0.25) is 5.32 Å². The second kappa shape index (κ2) is 6.31. The molecule has 0 amide bonds. The molecule has 0 radical (unpaired) electrons. The third kappa shape index (κ3) is 2.95. The van der Waals surface area contributed by atoms with Crippen LogP contribution in [-0.4, -0.2) is 23.8 Å². The van der Waals surface area contributed by atoms with Crippen LogP contribution in [0.3, 0.4) is 0 Å². The van der Waals surface area contributed by atoms with Crippen molar-refractivity contribution in [2.75, 3.05) is 6.61 Å². The normalized spacial score (nSPS) is 28.3. The Labute approximate surface area is 126 Å². The van der Waals surface area contributed by atoms with Crippen molar-refractivity contribution in [2.24, 2.45) is 5.92 Å². The van der Waals surface area contributed by atoms with Crippen LogP contribution in [0.1, 0.15) is 42.7 Å². The van der Waals surface area contributed by atoms with Crippen LogP contribution < -0.4 is 5.32 Å². The third-order valence-electron chi connectivity index (χ3n) is 4.59. The lowest BCUT2D eigenvalue weighted by molar-refractivity contribution is 0.151. The predicted molar refractivity (Wildman–Crippen MR) is 81.4 cm³/mol. The van der Waals surface area contributed by atoms with E-state index in [1.165, 1.54) is 25.7 Å². The maximum Gasteiger partial charge on any atom is 0.104 e. The monoisotopic (exact) mass is 280 g/mol.